The number of rotatable bonds is 4. The molecule has 1 unspecified atom stereocenters. The lowest BCUT2D eigenvalue weighted by Gasteiger charge is -2.39. The van der Waals surface area contributed by atoms with Gasteiger partial charge < -0.3 is 15.4 Å². The van der Waals surface area contributed by atoms with Gasteiger partial charge in [0.1, 0.15) is 12.1 Å². The van der Waals surface area contributed by atoms with Crippen LogP contribution in [0.15, 0.2) is 6.33 Å². The highest BCUT2D eigenvalue weighted by molar-refractivity contribution is 5.47. The maximum absolute atomic E-state index is 5.21. The van der Waals surface area contributed by atoms with Gasteiger partial charge in [0.15, 0.2) is 0 Å². The zero-order valence-electron chi connectivity index (χ0n) is 12.3. The Bertz CT molecular complexity index is 433. The molecule has 2 rings (SSSR count). The van der Waals surface area contributed by atoms with Crippen LogP contribution in [0.5, 0.6) is 5.88 Å². The minimum Gasteiger partial charge on any atom is -0.481 e. The summed E-state index contributed by atoms with van der Waals surface area (Å²) in [6.07, 6.45) is 4.05. The van der Waals surface area contributed by atoms with E-state index in [1.165, 1.54) is 19.2 Å². The maximum atomic E-state index is 5.21. The summed E-state index contributed by atoms with van der Waals surface area (Å²) in [6, 6.07) is 0.460. The minimum atomic E-state index is 0.316. The van der Waals surface area contributed by atoms with Crippen molar-refractivity contribution in [1.29, 1.82) is 0 Å². The summed E-state index contributed by atoms with van der Waals surface area (Å²) in [4.78, 5) is 8.38. The molecule has 1 atom stereocenters. The van der Waals surface area contributed by atoms with Gasteiger partial charge in [-0.2, -0.15) is 0 Å². The summed E-state index contributed by atoms with van der Waals surface area (Å²) in [5.74, 6) is 1.49. The lowest BCUT2D eigenvalue weighted by atomic mass is 9.77. The van der Waals surface area contributed by atoms with Crippen molar-refractivity contribution >= 4 is 5.82 Å². The Kier molecular flexibility index (Phi) is 4.24. The van der Waals surface area contributed by atoms with Crippen LogP contribution in [0.25, 0.3) is 0 Å². The molecule has 1 aliphatic heterocycles. The zero-order valence-corrected chi connectivity index (χ0v) is 12.3. The minimum absolute atomic E-state index is 0.316. The molecular formula is C14H24N4O. The average molecular weight is 264 g/mol. The number of nitrogens with one attached hydrogen (secondary N) is 2. The van der Waals surface area contributed by atoms with Crippen molar-refractivity contribution in [3.8, 4) is 5.88 Å². The van der Waals surface area contributed by atoms with Crippen molar-refractivity contribution < 1.29 is 4.74 Å². The smallest absolute Gasteiger partial charge is 0.221 e. The highest BCUT2D eigenvalue weighted by Gasteiger charge is 2.31. The summed E-state index contributed by atoms with van der Waals surface area (Å²) < 4.78 is 5.21. The monoisotopic (exact) mass is 264 g/mol. The SMILES string of the molecule is COc1ncnc(NCC2NCCCC2(C)C)c1C. The number of anilines is 1. The summed E-state index contributed by atoms with van der Waals surface area (Å²) in [5, 5.41) is 7.01. The second-order valence-corrected chi connectivity index (χ2v) is 5.84. The molecule has 1 aromatic rings. The average Bonchev–Trinajstić information content (AvgIpc) is 2.38. The van der Waals surface area contributed by atoms with Crippen molar-refractivity contribution in [2.24, 2.45) is 5.41 Å². The lowest BCUT2D eigenvalue weighted by molar-refractivity contribution is 0.188. The first-order valence-corrected chi connectivity index (χ1v) is 6.87. The molecule has 0 aliphatic carbocycles. The summed E-state index contributed by atoms with van der Waals surface area (Å²) >= 11 is 0. The summed E-state index contributed by atoms with van der Waals surface area (Å²) in [7, 11) is 1.63. The Balaban J connectivity index is 2.02. The predicted octanol–water partition coefficient (Wildman–Crippen LogP) is 1.98. The number of methoxy groups -OCH3 is 1. The molecule has 1 saturated heterocycles. The Hall–Kier alpha value is -1.36. The van der Waals surface area contributed by atoms with Gasteiger partial charge in [0.25, 0.3) is 0 Å². The number of piperidine rings is 1. The van der Waals surface area contributed by atoms with Gasteiger partial charge >= 0.3 is 0 Å². The molecule has 0 saturated carbocycles. The zero-order chi connectivity index (χ0) is 13.9. The number of nitrogens with zero attached hydrogens (tertiary/aromatic N) is 2. The van der Waals surface area contributed by atoms with E-state index in [9.17, 15) is 0 Å². The van der Waals surface area contributed by atoms with Gasteiger partial charge in [0, 0.05) is 12.6 Å². The van der Waals surface area contributed by atoms with Crippen LogP contribution in [0.3, 0.4) is 0 Å². The number of hydrogen-bond acceptors (Lipinski definition) is 5. The van der Waals surface area contributed by atoms with E-state index in [0.717, 1.165) is 24.5 Å². The number of aromatic nitrogens is 2. The van der Waals surface area contributed by atoms with Crippen LogP contribution in [0.1, 0.15) is 32.3 Å². The number of ether oxygens (including phenoxy) is 1. The molecule has 0 spiro atoms. The lowest BCUT2D eigenvalue weighted by Crippen LogP contribution is -2.50. The molecule has 5 heteroatoms. The molecule has 2 heterocycles. The predicted molar refractivity (Wildman–Crippen MR) is 76.6 cm³/mol. The normalized spacial score (nSPS) is 22.0. The van der Waals surface area contributed by atoms with Crippen LogP contribution < -0.4 is 15.4 Å². The van der Waals surface area contributed by atoms with Crippen LogP contribution in [-0.2, 0) is 0 Å². The first-order chi connectivity index (χ1) is 9.04. The van der Waals surface area contributed by atoms with E-state index in [4.69, 9.17) is 4.74 Å². The molecule has 0 radical (unpaired) electrons. The third kappa shape index (κ3) is 3.15. The summed E-state index contributed by atoms with van der Waals surface area (Å²) in [6.45, 7) is 8.58. The largest absolute Gasteiger partial charge is 0.481 e. The fourth-order valence-corrected chi connectivity index (χ4v) is 2.64. The molecule has 19 heavy (non-hydrogen) atoms. The molecular weight excluding hydrogens is 240 g/mol. The van der Waals surface area contributed by atoms with Gasteiger partial charge in [-0.3, -0.25) is 0 Å². The molecule has 1 aliphatic rings. The fourth-order valence-electron chi connectivity index (χ4n) is 2.64. The van der Waals surface area contributed by atoms with Gasteiger partial charge in [-0.05, 0) is 31.7 Å². The Morgan fingerprint density at radius 2 is 2.26 bits per heavy atom. The maximum Gasteiger partial charge on any atom is 0.221 e. The van der Waals surface area contributed by atoms with E-state index in [0.29, 0.717) is 17.3 Å². The topological polar surface area (TPSA) is 59.1 Å². The van der Waals surface area contributed by atoms with Crippen molar-refractivity contribution in [1.82, 2.24) is 15.3 Å². The third-order valence-electron chi connectivity index (χ3n) is 4.04. The Morgan fingerprint density at radius 3 is 2.95 bits per heavy atom. The van der Waals surface area contributed by atoms with Crippen LogP contribution >= 0.6 is 0 Å². The molecule has 0 bridgehead atoms. The quantitative estimate of drug-likeness (QED) is 0.871. The molecule has 2 N–H and O–H groups in total. The summed E-state index contributed by atoms with van der Waals surface area (Å²) in [5.41, 5.74) is 1.27. The van der Waals surface area contributed by atoms with E-state index in [1.807, 2.05) is 6.92 Å². The molecule has 5 nitrogen and oxygen atoms in total. The van der Waals surface area contributed by atoms with Crippen molar-refractivity contribution in [3.63, 3.8) is 0 Å². The van der Waals surface area contributed by atoms with E-state index in [1.54, 1.807) is 7.11 Å². The van der Waals surface area contributed by atoms with E-state index < -0.39 is 0 Å². The van der Waals surface area contributed by atoms with E-state index in [2.05, 4.69) is 34.4 Å². The van der Waals surface area contributed by atoms with Gasteiger partial charge in [-0.15, -0.1) is 0 Å². The molecule has 0 aromatic carbocycles. The standard InChI is InChI=1S/C14H24N4O/c1-10-12(17-9-18-13(10)19-4)16-8-11-14(2,3)6-5-7-15-11/h9,11,15H,5-8H2,1-4H3,(H,16,17,18). The van der Waals surface area contributed by atoms with Gasteiger partial charge in [-0.25, -0.2) is 9.97 Å². The first-order valence-electron chi connectivity index (χ1n) is 6.87. The molecule has 106 valence electrons. The fraction of sp³-hybridized carbons (Fsp3) is 0.714. The van der Waals surface area contributed by atoms with Gasteiger partial charge in [0.05, 0.1) is 12.7 Å². The van der Waals surface area contributed by atoms with Crippen molar-refractivity contribution in [2.45, 2.75) is 39.7 Å². The number of hydrogen-bond donors (Lipinski definition) is 2. The van der Waals surface area contributed by atoms with Gasteiger partial charge in [-0.1, -0.05) is 13.8 Å². The van der Waals surface area contributed by atoms with E-state index in [-0.39, 0.29) is 0 Å². The van der Waals surface area contributed by atoms with Crippen LogP contribution in [0.2, 0.25) is 0 Å². The van der Waals surface area contributed by atoms with Crippen LogP contribution in [-0.4, -0.2) is 36.2 Å². The molecule has 0 amide bonds. The highest BCUT2D eigenvalue weighted by atomic mass is 16.5. The highest BCUT2D eigenvalue weighted by Crippen LogP contribution is 2.30. The van der Waals surface area contributed by atoms with Crippen LogP contribution in [0, 0.1) is 12.3 Å². The second-order valence-electron chi connectivity index (χ2n) is 5.84. The van der Waals surface area contributed by atoms with Crippen molar-refractivity contribution in [2.75, 3.05) is 25.5 Å². The van der Waals surface area contributed by atoms with Gasteiger partial charge in [0.2, 0.25) is 5.88 Å². The Labute approximate surface area is 115 Å². The molecule has 1 fully saturated rings. The van der Waals surface area contributed by atoms with E-state index >= 15 is 0 Å². The first kappa shape index (κ1) is 14.1. The van der Waals surface area contributed by atoms with Crippen molar-refractivity contribution in [3.05, 3.63) is 11.9 Å². The second kappa shape index (κ2) is 5.74. The molecule has 1 aromatic heterocycles. The Morgan fingerprint density at radius 1 is 1.47 bits per heavy atom. The third-order valence-corrected chi connectivity index (χ3v) is 4.04. The van der Waals surface area contributed by atoms with Crippen LogP contribution in [0.4, 0.5) is 5.82 Å².